The second-order valence-electron chi connectivity index (χ2n) is 4.20. The second kappa shape index (κ2) is 6.74. The Labute approximate surface area is 106 Å². The number of amides is 1. The first-order valence-corrected chi connectivity index (χ1v) is 6.00. The van der Waals surface area contributed by atoms with Gasteiger partial charge in [0.2, 0.25) is 0 Å². The molecule has 98 valence electrons. The molecule has 5 heteroatoms. The molecule has 0 unspecified atom stereocenters. The SMILES string of the molecule is CCCC[C@H](NC(=O)c1cnccc1C)C(=O)O. The Bertz CT molecular complexity index is 432. The Kier molecular flexibility index (Phi) is 5.30. The van der Waals surface area contributed by atoms with Gasteiger partial charge in [0.05, 0.1) is 5.56 Å². The van der Waals surface area contributed by atoms with Crippen molar-refractivity contribution in [2.75, 3.05) is 0 Å². The van der Waals surface area contributed by atoms with Gasteiger partial charge in [0.25, 0.3) is 5.91 Å². The highest BCUT2D eigenvalue weighted by molar-refractivity contribution is 5.97. The minimum absolute atomic E-state index is 0.385. The van der Waals surface area contributed by atoms with Gasteiger partial charge in [-0.1, -0.05) is 19.8 Å². The van der Waals surface area contributed by atoms with Crippen molar-refractivity contribution in [3.8, 4) is 0 Å². The highest BCUT2D eigenvalue weighted by atomic mass is 16.4. The molecule has 0 aromatic carbocycles. The van der Waals surface area contributed by atoms with Crippen molar-refractivity contribution in [3.63, 3.8) is 0 Å². The summed E-state index contributed by atoms with van der Waals surface area (Å²) in [5.74, 6) is -1.39. The number of hydrogen-bond acceptors (Lipinski definition) is 3. The van der Waals surface area contributed by atoms with Gasteiger partial charge in [-0.2, -0.15) is 0 Å². The van der Waals surface area contributed by atoms with Crippen molar-refractivity contribution >= 4 is 11.9 Å². The van der Waals surface area contributed by atoms with Crippen molar-refractivity contribution in [3.05, 3.63) is 29.6 Å². The van der Waals surface area contributed by atoms with Crippen LogP contribution in [-0.2, 0) is 4.79 Å². The number of carboxylic acid groups (broad SMARTS) is 1. The lowest BCUT2D eigenvalue weighted by Crippen LogP contribution is -2.41. The second-order valence-corrected chi connectivity index (χ2v) is 4.20. The molecule has 0 aliphatic carbocycles. The number of pyridine rings is 1. The number of aryl methyl sites for hydroxylation is 1. The molecule has 1 rings (SSSR count). The van der Waals surface area contributed by atoms with E-state index in [-0.39, 0.29) is 5.91 Å². The molecule has 0 aliphatic rings. The smallest absolute Gasteiger partial charge is 0.326 e. The standard InChI is InChI=1S/C13H18N2O3/c1-3-4-5-11(13(17)18)15-12(16)10-8-14-7-6-9(10)2/h6-8,11H,3-5H2,1-2H3,(H,15,16)(H,17,18)/t11-/m0/s1. The maximum atomic E-state index is 11.9. The molecular formula is C13H18N2O3. The Hall–Kier alpha value is -1.91. The fraction of sp³-hybridized carbons (Fsp3) is 0.462. The third-order valence-corrected chi connectivity index (χ3v) is 2.73. The molecule has 0 radical (unpaired) electrons. The molecule has 5 nitrogen and oxygen atoms in total. The summed E-state index contributed by atoms with van der Waals surface area (Å²) in [6.45, 7) is 3.77. The van der Waals surface area contributed by atoms with Crippen molar-refractivity contribution in [1.29, 1.82) is 0 Å². The van der Waals surface area contributed by atoms with Gasteiger partial charge < -0.3 is 10.4 Å². The quantitative estimate of drug-likeness (QED) is 0.806. The van der Waals surface area contributed by atoms with E-state index in [0.717, 1.165) is 18.4 Å². The molecule has 0 fully saturated rings. The Morgan fingerprint density at radius 1 is 1.50 bits per heavy atom. The number of rotatable bonds is 6. The fourth-order valence-corrected chi connectivity index (χ4v) is 1.60. The molecule has 18 heavy (non-hydrogen) atoms. The highest BCUT2D eigenvalue weighted by Crippen LogP contribution is 2.07. The molecule has 0 spiro atoms. The summed E-state index contributed by atoms with van der Waals surface area (Å²) in [5, 5.41) is 11.6. The Morgan fingerprint density at radius 3 is 2.78 bits per heavy atom. The zero-order chi connectivity index (χ0) is 13.5. The van der Waals surface area contributed by atoms with E-state index in [4.69, 9.17) is 5.11 Å². The number of hydrogen-bond donors (Lipinski definition) is 2. The summed E-state index contributed by atoms with van der Waals surface area (Å²) >= 11 is 0. The molecular weight excluding hydrogens is 232 g/mol. The Morgan fingerprint density at radius 2 is 2.22 bits per heavy atom. The van der Waals surface area contributed by atoms with Gasteiger partial charge in [-0.3, -0.25) is 9.78 Å². The summed E-state index contributed by atoms with van der Waals surface area (Å²) in [6.07, 6.45) is 5.15. The van der Waals surface area contributed by atoms with Gasteiger partial charge >= 0.3 is 5.97 Å². The monoisotopic (exact) mass is 250 g/mol. The van der Waals surface area contributed by atoms with Crippen molar-refractivity contribution in [2.24, 2.45) is 0 Å². The first-order chi connectivity index (χ1) is 8.56. The number of carbonyl (C=O) groups excluding carboxylic acids is 1. The summed E-state index contributed by atoms with van der Waals surface area (Å²) in [6, 6.07) is 0.883. The van der Waals surface area contributed by atoms with Crippen LogP contribution in [0.15, 0.2) is 18.5 Å². The number of aromatic nitrogens is 1. The lowest BCUT2D eigenvalue weighted by molar-refractivity contribution is -0.139. The van der Waals surface area contributed by atoms with E-state index in [1.165, 1.54) is 6.20 Å². The number of carbonyl (C=O) groups is 2. The number of nitrogens with one attached hydrogen (secondary N) is 1. The van der Waals surface area contributed by atoms with Crippen LogP contribution in [0.3, 0.4) is 0 Å². The van der Waals surface area contributed by atoms with Crippen LogP contribution >= 0.6 is 0 Å². The minimum atomic E-state index is -1.00. The third-order valence-electron chi connectivity index (χ3n) is 2.73. The molecule has 0 aliphatic heterocycles. The number of unbranched alkanes of at least 4 members (excludes halogenated alkanes) is 1. The average Bonchev–Trinajstić information content (AvgIpc) is 2.34. The molecule has 1 aromatic rings. The van der Waals surface area contributed by atoms with Crippen molar-refractivity contribution < 1.29 is 14.7 Å². The van der Waals surface area contributed by atoms with E-state index >= 15 is 0 Å². The minimum Gasteiger partial charge on any atom is -0.480 e. The third kappa shape index (κ3) is 3.84. The van der Waals surface area contributed by atoms with Crippen LogP contribution in [0.1, 0.15) is 42.1 Å². The lowest BCUT2D eigenvalue weighted by Gasteiger charge is -2.14. The molecule has 1 atom stereocenters. The van der Waals surface area contributed by atoms with Gasteiger partial charge in [0, 0.05) is 12.4 Å². The molecule has 2 N–H and O–H groups in total. The highest BCUT2D eigenvalue weighted by Gasteiger charge is 2.20. The van der Waals surface area contributed by atoms with E-state index < -0.39 is 12.0 Å². The van der Waals surface area contributed by atoms with Gasteiger partial charge in [-0.15, -0.1) is 0 Å². The topological polar surface area (TPSA) is 79.3 Å². The van der Waals surface area contributed by atoms with E-state index in [1.807, 2.05) is 6.92 Å². The molecule has 1 amide bonds. The lowest BCUT2D eigenvalue weighted by atomic mass is 10.1. The van der Waals surface area contributed by atoms with Crippen LogP contribution in [0.2, 0.25) is 0 Å². The first kappa shape index (κ1) is 14.2. The number of aliphatic carboxylic acids is 1. The van der Waals surface area contributed by atoms with Gasteiger partial charge in [0.1, 0.15) is 6.04 Å². The van der Waals surface area contributed by atoms with E-state index in [2.05, 4.69) is 10.3 Å². The summed E-state index contributed by atoms with van der Waals surface area (Å²) in [7, 11) is 0. The fourth-order valence-electron chi connectivity index (χ4n) is 1.60. The maximum Gasteiger partial charge on any atom is 0.326 e. The molecule has 1 heterocycles. The largest absolute Gasteiger partial charge is 0.480 e. The average molecular weight is 250 g/mol. The molecule has 0 bridgehead atoms. The van der Waals surface area contributed by atoms with Crippen LogP contribution in [0.5, 0.6) is 0 Å². The number of carboxylic acids is 1. The van der Waals surface area contributed by atoms with Crippen LogP contribution in [0.25, 0.3) is 0 Å². The van der Waals surface area contributed by atoms with E-state index in [1.54, 1.807) is 19.2 Å². The molecule has 0 saturated heterocycles. The summed E-state index contributed by atoms with van der Waals surface area (Å²) in [5.41, 5.74) is 1.20. The zero-order valence-corrected chi connectivity index (χ0v) is 10.6. The molecule has 1 aromatic heterocycles. The first-order valence-electron chi connectivity index (χ1n) is 6.00. The van der Waals surface area contributed by atoms with E-state index in [9.17, 15) is 9.59 Å². The number of nitrogens with zero attached hydrogens (tertiary/aromatic N) is 1. The van der Waals surface area contributed by atoms with Crippen LogP contribution in [0.4, 0.5) is 0 Å². The van der Waals surface area contributed by atoms with Gasteiger partial charge in [0.15, 0.2) is 0 Å². The Balaban J connectivity index is 2.72. The predicted octanol–water partition coefficient (Wildman–Crippen LogP) is 1.76. The van der Waals surface area contributed by atoms with E-state index in [0.29, 0.717) is 12.0 Å². The molecule has 0 saturated carbocycles. The zero-order valence-electron chi connectivity index (χ0n) is 10.6. The van der Waals surface area contributed by atoms with Gasteiger partial charge in [-0.05, 0) is 25.0 Å². The summed E-state index contributed by atoms with van der Waals surface area (Å²) in [4.78, 5) is 26.8. The predicted molar refractivity (Wildman–Crippen MR) is 67.4 cm³/mol. The van der Waals surface area contributed by atoms with Crippen LogP contribution in [-0.4, -0.2) is 28.0 Å². The van der Waals surface area contributed by atoms with Crippen LogP contribution < -0.4 is 5.32 Å². The van der Waals surface area contributed by atoms with Crippen LogP contribution in [0, 0.1) is 6.92 Å². The summed E-state index contributed by atoms with van der Waals surface area (Å²) < 4.78 is 0. The maximum absolute atomic E-state index is 11.9. The van der Waals surface area contributed by atoms with Crippen molar-refractivity contribution in [1.82, 2.24) is 10.3 Å². The normalized spacial score (nSPS) is 11.9. The van der Waals surface area contributed by atoms with Gasteiger partial charge in [-0.25, -0.2) is 4.79 Å². The van der Waals surface area contributed by atoms with Crippen molar-refractivity contribution in [2.45, 2.75) is 39.2 Å².